The van der Waals surface area contributed by atoms with Crippen molar-refractivity contribution in [2.24, 2.45) is 4.99 Å². The molecule has 0 aliphatic carbocycles. The first kappa shape index (κ1) is 9.00. The predicted octanol–water partition coefficient (Wildman–Crippen LogP) is 2.95. The molecule has 2 heterocycles. The third-order valence-corrected chi connectivity index (χ3v) is 4.61. The lowest BCUT2D eigenvalue weighted by molar-refractivity contribution is 0.690. The second kappa shape index (κ2) is 3.40. The molecule has 1 unspecified atom stereocenters. The van der Waals surface area contributed by atoms with Gasteiger partial charge in [0.1, 0.15) is 15.8 Å². The third-order valence-electron chi connectivity index (χ3n) is 2.19. The fourth-order valence-corrected chi connectivity index (χ4v) is 3.63. The number of nitrogens with zero attached hydrogens (tertiary/aromatic N) is 1. The highest BCUT2D eigenvalue weighted by Gasteiger charge is 2.24. The molecular formula is C11H7NOS2. The zero-order valence-electron chi connectivity index (χ0n) is 7.71. The number of aliphatic imine (C=N–C) groups is 1. The first-order chi connectivity index (χ1) is 7.36. The molecule has 15 heavy (non-hydrogen) atoms. The SMILES string of the molecule is O=S1C(c2cccs2)=Nc2ccccc21. The molecule has 3 rings (SSSR count). The highest BCUT2D eigenvalue weighted by Crippen LogP contribution is 2.32. The molecule has 1 aromatic carbocycles. The van der Waals surface area contributed by atoms with Gasteiger partial charge in [0.05, 0.1) is 15.5 Å². The molecule has 2 aromatic rings. The number of rotatable bonds is 1. The van der Waals surface area contributed by atoms with Crippen LogP contribution in [0.15, 0.2) is 51.7 Å². The lowest BCUT2D eigenvalue weighted by atomic mass is 10.3. The molecule has 0 spiro atoms. The average molecular weight is 233 g/mol. The Bertz CT molecular complexity index is 558. The zero-order valence-corrected chi connectivity index (χ0v) is 9.35. The van der Waals surface area contributed by atoms with Gasteiger partial charge in [0, 0.05) is 0 Å². The number of thiophene rings is 1. The average Bonchev–Trinajstić information content (AvgIpc) is 2.87. The summed E-state index contributed by atoms with van der Waals surface area (Å²) in [7, 11) is -1.10. The Kier molecular flexibility index (Phi) is 2.04. The van der Waals surface area contributed by atoms with E-state index in [-0.39, 0.29) is 0 Å². The number of fused-ring (bicyclic) bond motifs is 1. The van der Waals surface area contributed by atoms with Gasteiger partial charge in [-0.1, -0.05) is 18.2 Å². The van der Waals surface area contributed by atoms with Gasteiger partial charge in [-0.05, 0) is 23.6 Å². The van der Waals surface area contributed by atoms with Crippen LogP contribution in [-0.2, 0) is 10.8 Å². The summed E-state index contributed by atoms with van der Waals surface area (Å²) in [6.07, 6.45) is 0. The van der Waals surface area contributed by atoms with Crippen LogP contribution in [-0.4, -0.2) is 9.25 Å². The van der Waals surface area contributed by atoms with E-state index in [1.807, 2.05) is 41.8 Å². The molecule has 0 N–H and O–H groups in total. The Morgan fingerprint density at radius 2 is 2.00 bits per heavy atom. The van der Waals surface area contributed by atoms with E-state index < -0.39 is 10.8 Å². The van der Waals surface area contributed by atoms with Crippen LogP contribution in [0.3, 0.4) is 0 Å². The molecule has 0 fully saturated rings. The molecule has 1 aromatic heterocycles. The Hall–Kier alpha value is -1.26. The molecule has 74 valence electrons. The Morgan fingerprint density at radius 3 is 2.73 bits per heavy atom. The summed E-state index contributed by atoms with van der Waals surface area (Å²) >= 11 is 1.57. The third kappa shape index (κ3) is 1.37. The lowest BCUT2D eigenvalue weighted by Gasteiger charge is -1.94. The summed E-state index contributed by atoms with van der Waals surface area (Å²) in [4.78, 5) is 6.21. The Morgan fingerprint density at radius 1 is 1.13 bits per heavy atom. The van der Waals surface area contributed by atoms with Gasteiger partial charge < -0.3 is 0 Å². The van der Waals surface area contributed by atoms with Crippen LogP contribution in [0.1, 0.15) is 4.88 Å². The Balaban J connectivity index is 2.15. The molecule has 1 aliphatic rings. The summed E-state index contributed by atoms with van der Waals surface area (Å²) in [5.41, 5.74) is 0.833. The molecule has 2 nitrogen and oxygen atoms in total. The van der Waals surface area contributed by atoms with Crippen molar-refractivity contribution >= 4 is 32.9 Å². The van der Waals surface area contributed by atoms with Crippen LogP contribution in [0.4, 0.5) is 5.69 Å². The van der Waals surface area contributed by atoms with Crippen molar-refractivity contribution in [3.63, 3.8) is 0 Å². The van der Waals surface area contributed by atoms with E-state index >= 15 is 0 Å². The van der Waals surface area contributed by atoms with Crippen LogP contribution in [0.5, 0.6) is 0 Å². The zero-order chi connectivity index (χ0) is 10.3. The summed E-state index contributed by atoms with van der Waals surface area (Å²) in [6, 6.07) is 11.5. The van der Waals surface area contributed by atoms with E-state index in [2.05, 4.69) is 4.99 Å². The number of hydrogen-bond acceptors (Lipinski definition) is 3. The summed E-state index contributed by atoms with van der Waals surface area (Å²) in [5, 5.41) is 2.66. The van der Waals surface area contributed by atoms with Crippen LogP contribution < -0.4 is 0 Å². The molecule has 1 aliphatic heterocycles. The van der Waals surface area contributed by atoms with Gasteiger partial charge >= 0.3 is 0 Å². The first-order valence-electron chi connectivity index (χ1n) is 4.49. The van der Waals surface area contributed by atoms with Gasteiger partial charge in [-0.3, -0.25) is 0 Å². The van der Waals surface area contributed by atoms with Gasteiger partial charge in [-0.25, -0.2) is 9.20 Å². The maximum Gasteiger partial charge on any atom is 0.150 e. The second-order valence-corrected chi connectivity index (χ2v) is 5.44. The largest absolute Gasteiger partial charge is 0.247 e. The lowest BCUT2D eigenvalue weighted by Crippen LogP contribution is -2.01. The maximum atomic E-state index is 12.1. The van der Waals surface area contributed by atoms with Crippen LogP contribution in [0, 0.1) is 0 Å². The molecule has 0 saturated heterocycles. The van der Waals surface area contributed by atoms with Crippen molar-refractivity contribution < 1.29 is 4.21 Å². The van der Waals surface area contributed by atoms with Crippen molar-refractivity contribution in [1.29, 1.82) is 0 Å². The van der Waals surface area contributed by atoms with Crippen LogP contribution >= 0.6 is 11.3 Å². The quantitative estimate of drug-likeness (QED) is 0.744. The first-order valence-corrected chi connectivity index (χ1v) is 6.52. The minimum atomic E-state index is -1.10. The monoisotopic (exact) mass is 233 g/mol. The minimum Gasteiger partial charge on any atom is -0.247 e. The Labute approximate surface area is 93.8 Å². The van der Waals surface area contributed by atoms with E-state index in [1.165, 1.54) is 0 Å². The molecular weight excluding hydrogens is 226 g/mol. The number of para-hydroxylation sites is 1. The molecule has 0 amide bonds. The van der Waals surface area contributed by atoms with E-state index in [4.69, 9.17) is 0 Å². The number of benzene rings is 1. The number of hydrogen-bond donors (Lipinski definition) is 0. The van der Waals surface area contributed by atoms with Gasteiger partial charge in [0.25, 0.3) is 0 Å². The van der Waals surface area contributed by atoms with Crippen molar-refractivity contribution in [1.82, 2.24) is 0 Å². The second-order valence-electron chi connectivity index (χ2n) is 3.13. The summed E-state index contributed by atoms with van der Waals surface area (Å²) in [5.74, 6) is 0. The van der Waals surface area contributed by atoms with Gasteiger partial charge in [-0.15, -0.1) is 11.3 Å². The maximum absolute atomic E-state index is 12.1. The normalized spacial score (nSPS) is 18.7. The van der Waals surface area contributed by atoms with E-state index in [0.29, 0.717) is 5.04 Å². The van der Waals surface area contributed by atoms with E-state index in [0.717, 1.165) is 15.5 Å². The van der Waals surface area contributed by atoms with Gasteiger partial charge in [0.2, 0.25) is 0 Å². The van der Waals surface area contributed by atoms with Crippen molar-refractivity contribution in [3.05, 3.63) is 46.7 Å². The molecule has 1 atom stereocenters. The van der Waals surface area contributed by atoms with E-state index in [9.17, 15) is 4.21 Å². The summed E-state index contributed by atoms with van der Waals surface area (Å²) in [6.45, 7) is 0. The van der Waals surface area contributed by atoms with Crippen molar-refractivity contribution in [2.45, 2.75) is 4.90 Å². The minimum absolute atomic E-state index is 0.686. The molecule has 0 bridgehead atoms. The standard InChI is InChI=1S/C11H7NOS2/c13-15-10-6-2-1-4-8(10)12-11(15)9-5-3-7-14-9/h1-7H. The van der Waals surface area contributed by atoms with Gasteiger partial charge in [-0.2, -0.15) is 0 Å². The highest BCUT2D eigenvalue weighted by atomic mass is 32.2. The summed E-state index contributed by atoms with van der Waals surface area (Å²) < 4.78 is 12.1. The van der Waals surface area contributed by atoms with Crippen LogP contribution in [0.2, 0.25) is 0 Å². The van der Waals surface area contributed by atoms with Crippen molar-refractivity contribution in [3.8, 4) is 0 Å². The van der Waals surface area contributed by atoms with E-state index in [1.54, 1.807) is 11.3 Å². The van der Waals surface area contributed by atoms with Gasteiger partial charge in [0.15, 0.2) is 0 Å². The topological polar surface area (TPSA) is 29.4 Å². The van der Waals surface area contributed by atoms with Crippen LogP contribution in [0.25, 0.3) is 0 Å². The fraction of sp³-hybridized carbons (Fsp3) is 0. The molecule has 0 radical (unpaired) electrons. The predicted molar refractivity (Wildman–Crippen MR) is 63.4 cm³/mol. The highest BCUT2D eigenvalue weighted by molar-refractivity contribution is 8.02. The molecule has 4 heteroatoms. The smallest absolute Gasteiger partial charge is 0.150 e. The fourth-order valence-electron chi connectivity index (χ4n) is 1.51. The van der Waals surface area contributed by atoms with Crippen molar-refractivity contribution in [2.75, 3.05) is 0 Å². The molecule has 0 saturated carbocycles.